The third-order valence-corrected chi connectivity index (χ3v) is 2.34. The predicted octanol–water partition coefficient (Wildman–Crippen LogP) is 2.63. The molecule has 0 saturated heterocycles. The van der Waals surface area contributed by atoms with Crippen molar-refractivity contribution in [3.05, 3.63) is 11.4 Å². The molecule has 96 valence electrons. The number of hydrogen-bond acceptors (Lipinski definition) is 4. The Morgan fingerprint density at radius 3 is 2.24 bits per heavy atom. The number of nitrogens with one attached hydrogen (secondary N) is 2. The lowest BCUT2D eigenvalue weighted by Crippen LogP contribution is -2.15. The van der Waals surface area contributed by atoms with E-state index in [0.717, 1.165) is 5.56 Å². The second-order valence-corrected chi connectivity index (χ2v) is 4.08. The van der Waals surface area contributed by atoms with Crippen molar-refractivity contribution in [3.63, 3.8) is 0 Å². The summed E-state index contributed by atoms with van der Waals surface area (Å²) in [6.45, 7) is 5.31. The van der Waals surface area contributed by atoms with Crippen LogP contribution in [0.25, 0.3) is 0 Å². The van der Waals surface area contributed by atoms with Crippen molar-refractivity contribution >= 4 is 11.6 Å². The Balaban J connectivity index is 3.04. The van der Waals surface area contributed by atoms with Crippen molar-refractivity contribution in [1.82, 2.24) is 9.97 Å². The highest BCUT2D eigenvalue weighted by Gasteiger charge is 2.13. The fraction of sp³-hybridized carbons (Fsp3) is 0.636. The molecule has 0 amide bonds. The zero-order valence-electron chi connectivity index (χ0n) is 10.5. The lowest BCUT2D eigenvalue weighted by Gasteiger charge is -2.14. The highest BCUT2D eigenvalue weighted by atomic mass is 19.3. The first kappa shape index (κ1) is 13.6. The maximum Gasteiger partial charge on any atom is 0.255 e. The molecule has 0 aliphatic carbocycles. The molecule has 1 aromatic heterocycles. The molecule has 1 rings (SSSR count). The Morgan fingerprint density at radius 2 is 1.76 bits per heavy atom. The summed E-state index contributed by atoms with van der Waals surface area (Å²) in [7, 11) is 1.75. The van der Waals surface area contributed by atoms with Gasteiger partial charge in [0.1, 0.15) is 17.5 Å². The second-order valence-electron chi connectivity index (χ2n) is 4.08. The number of nitrogens with zero attached hydrogens (tertiary/aromatic N) is 2. The highest BCUT2D eigenvalue weighted by molar-refractivity contribution is 5.57. The standard InChI is InChI=1S/C11H18F2N4/c1-6(2)9-16-10(14-4)7(3)11(17-9)15-5-8(12)13/h6,8H,5H2,1-4H3,(H2,14,15,16,17). The summed E-state index contributed by atoms with van der Waals surface area (Å²) in [5.41, 5.74) is 0.748. The normalized spacial score (nSPS) is 11.1. The molecule has 0 aromatic carbocycles. The van der Waals surface area contributed by atoms with E-state index in [-0.39, 0.29) is 5.92 Å². The van der Waals surface area contributed by atoms with Crippen LogP contribution in [0, 0.1) is 6.92 Å². The van der Waals surface area contributed by atoms with Gasteiger partial charge < -0.3 is 10.6 Å². The minimum absolute atomic E-state index is 0.148. The van der Waals surface area contributed by atoms with E-state index in [4.69, 9.17) is 0 Å². The maximum atomic E-state index is 12.2. The molecule has 17 heavy (non-hydrogen) atoms. The van der Waals surface area contributed by atoms with Crippen LogP contribution in [0.3, 0.4) is 0 Å². The summed E-state index contributed by atoms with van der Waals surface area (Å²) < 4.78 is 24.3. The molecule has 0 saturated carbocycles. The van der Waals surface area contributed by atoms with Crippen molar-refractivity contribution in [2.24, 2.45) is 0 Å². The number of aromatic nitrogens is 2. The quantitative estimate of drug-likeness (QED) is 0.836. The molecular weight excluding hydrogens is 226 g/mol. The molecule has 0 aliphatic rings. The zero-order chi connectivity index (χ0) is 13.0. The molecule has 2 N–H and O–H groups in total. The van der Waals surface area contributed by atoms with Gasteiger partial charge in [-0.3, -0.25) is 0 Å². The van der Waals surface area contributed by atoms with Gasteiger partial charge in [0, 0.05) is 18.5 Å². The van der Waals surface area contributed by atoms with Gasteiger partial charge in [-0.2, -0.15) is 0 Å². The van der Waals surface area contributed by atoms with Crippen LogP contribution in [-0.2, 0) is 0 Å². The molecular formula is C11H18F2N4. The molecule has 1 aromatic rings. The number of anilines is 2. The third kappa shape index (κ3) is 3.51. The van der Waals surface area contributed by atoms with E-state index in [1.807, 2.05) is 13.8 Å². The Kier molecular flexibility index (Phi) is 4.60. The molecule has 0 radical (unpaired) electrons. The van der Waals surface area contributed by atoms with Gasteiger partial charge in [0.05, 0.1) is 6.54 Å². The van der Waals surface area contributed by atoms with Crippen molar-refractivity contribution in [2.75, 3.05) is 24.2 Å². The number of alkyl halides is 2. The largest absolute Gasteiger partial charge is 0.373 e. The predicted molar refractivity (Wildman–Crippen MR) is 64.9 cm³/mol. The van der Waals surface area contributed by atoms with Crippen LogP contribution in [0.2, 0.25) is 0 Å². The van der Waals surface area contributed by atoms with Crippen LogP contribution in [-0.4, -0.2) is 30.0 Å². The molecule has 4 nitrogen and oxygen atoms in total. The van der Waals surface area contributed by atoms with Crippen LogP contribution < -0.4 is 10.6 Å². The minimum Gasteiger partial charge on any atom is -0.373 e. The van der Waals surface area contributed by atoms with E-state index in [0.29, 0.717) is 17.5 Å². The monoisotopic (exact) mass is 244 g/mol. The Hall–Kier alpha value is -1.46. The fourth-order valence-electron chi connectivity index (χ4n) is 1.38. The van der Waals surface area contributed by atoms with Gasteiger partial charge in [-0.05, 0) is 6.92 Å². The molecule has 0 spiro atoms. The average Bonchev–Trinajstić information content (AvgIpc) is 2.27. The van der Waals surface area contributed by atoms with Gasteiger partial charge in [-0.1, -0.05) is 13.8 Å². The van der Waals surface area contributed by atoms with E-state index in [1.54, 1.807) is 14.0 Å². The molecule has 0 atom stereocenters. The number of hydrogen-bond donors (Lipinski definition) is 2. The summed E-state index contributed by atoms with van der Waals surface area (Å²) in [4.78, 5) is 8.59. The fourth-order valence-corrected chi connectivity index (χ4v) is 1.38. The third-order valence-electron chi connectivity index (χ3n) is 2.34. The maximum absolute atomic E-state index is 12.2. The lowest BCUT2D eigenvalue weighted by molar-refractivity contribution is 0.163. The van der Waals surface area contributed by atoms with Crippen LogP contribution in [0.4, 0.5) is 20.4 Å². The van der Waals surface area contributed by atoms with Crippen molar-refractivity contribution in [1.29, 1.82) is 0 Å². The molecule has 0 bridgehead atoms. The molecule has 0 fully saturated rings. The van der Waals surface area contributed by atoms with Gasteiger partial charge in [0.25, 0.3) is 6.43 Å². The van der Waals surface area contributed by atoms with Crippen LogP contribution in [0.1, 0.15) is 31.2 Å². The van der Waals surface area contributed by atoms with Gasteiger partial charge in [0.15, 0.2) is 0 Å². The summed E-state index contributed by atoms with van der Waals surface area (Å²) in [5.74, 6) is 1.92. The summed E-state index contributed by atoms with van der Waals surface area (Å²) in [6, 6.07) is 0. The topological polar surface area (TPSA) is 49.8 Å². The highest BCUT2D eigenvalue weighted by Crippen LogP contribution is 2.22. The first-order valence-corrected chi connectivity index (χ1v) is 5.54. The van der Waals surface area contributed by atoms with Crippen LogP contribution in [0.15, 0.2) is 0 Å². The van der Waals surface area contributed by atoms with E-state index >= 15 is 0 Å². The summed E-state index contributed by atoms with van der Waals surface area (Å²) >= 11 is 0. The van der Waals surface area contributed by atoms with Crippen molar-refractivity contribution < 1.29 is 8.78 Å². The molecule has 0 unspecified atom stereocenters. The van der Waals surface area contributed by atoms with Gasteiger partial charge >= 0.3 is 0 Å². The summed E-state index contributed by atoms with van der Waals surface area (Å²) in [6.07, 6.45) is -2.40. The Labute approximate surface area is 99.9 Å². The van der Waals surface area contributed by atoms with Crippen molar-refractivity contribution in [2.45, 2.75) is 33.1 Å². The van der Waals surface area contributed by atoms with E-state index in [9.17, 15) is 8.78 Å². The first-order valence-electron chi connectivity index (χ1n) is 5.54. The minimum atomic E-state index is -2.40. The van der Waals surface area contributed by atoms with Crippen LogP contribution in [0.5, 0.6) is 0 Å². The number of rotatable bonds is 5. The Morgan fingerprint density at radius 1 is 1.18 bits per heavy atom. The average molecular weight is 244 g/mol. The molecule has 0 aliphatic heterocycles. The SMILES string of the molecule is CNc1nc(C(C)C)nc(NCC(F)F)c1C. The molecule has 6 heteroatoms. The van der Waals surface area contributed by atoms with Crippen molar-refractivity contribution in [3.8, 4) is 0 Å². The molecule has 1 heterocycles. The second kappa shape index (κ2) is 5.75. The lowest BCUT2D eigenvalue weighted by atomic mass is 10.2. The van der Waals surface area contributed by atoms with E-state index in [1.165, 1.54) is 0 Å². The van der Waals surface area contributed by atoms with E-state index < -0.39 is 13.0 Å². The zero-order valence-corrected chi connectivity index (χ0v) is 10.5. The smallest absolute Gasteiger partial charge is 0.255 e. The number of halogens is 2. The Bertz CT molecular complexity index is 380. The van der Waals surface area contributed by atoms with Gasteiger partial charge in [-0.15, -0.1) is 0 Å². The van der Waals surface area contributed by atoms with Gasteiger partial charge in [0.2, 0.25) is 0 Å². The van der Waals surface area contributed by atoms with Gasteiger partial charge in [-0.25, -0.2) is 18.7 Å². The summed E-state index contributed by atoms with van der Waals surface area (Å²) in [5, 5.41) is 5.58. The van der Waals surface area contributed by atoms with Crippen LogP contribution >= 0.6 is 0 Å². The first-order chi connectivity index (χ1) is 7.95. The van der Waals surface area contributed by atoms with E-state index in [2.05, 4.69) is 20.6 Å².